The fourth-order valence-electron chi connectivity index (χ4n) is 0.660. The van der Waals surface area contributed by atoms with Gasteiger partial charge in [-0.15, -0.1) is 6.58 Å². The van der Waals surface area contributed by atoms with Crippen molar-refractivity contribution in [2.75, 3.05) is 13.2 Å². The Hall–Kier alpha value is -0.340. The van der Waals surface area contributed by atoms with Crippen molar-refractivity contribution in [2.45, 2.75) is 32.9 Å². The summed E-state index contributed by atoms with van der Waals surface area (Å²) in [4.78, 5) is 0. The summed E-state index contributed by atoms with van der Waals surface area (Å²) in [6, 6.07) is 0.539. The first-order chi connectivity index (χ1) is 5.16. The van der Waals surface area contributed by atoms with Crippen LogP contribution in [0.1, 0.15) is 20.8 Å². The molecule has 11 heavy (non-hydrogen) atoms. The van der Waals surface area contributed by atoms with Gasteiger partial charge in [-0.2, -0.15) is 0 Å². The van der Waals surface area contributed by atoms with Crippen LogP contribution >= 0.6 is 0 Å². The van der Waals surface area contributed by atoms with E-state index >= 15 is 0 Å². The van der Waals surface area contributed by atoms with E-state index < -0.39 is 0 Å². The van der Waals surface area contributed by atoms with Gasteiger partial charge >= 0.3 is 0 Å². The Morgan fingerprint density at radius 3 is 2.55 bits per heavy atom. The molecule has 0 aliphatic heterocycles. The zero-order chi connectivity index (χ0) is 8.69. The van der Waals surface area contributed by atoms with Gasteiger partial charge in [0.2, 0.25) is 0 Å². The van der Waals surface area contributed by atoms with Gasteiger partial charge in [0.1, 0.15) is 0 Å². The Bertz CT molecular complexity index is 102. The molecule has 0 saturated heterocycles. The van der Waals surface area contributed by atoms with E-state index in [0.29, 0.717) is 6.04 Å². The minimum absolute atomic E-state index is 0.170. The van der Waals surface area contributed by atoms with Gasteiger partial charge in [-0.1, -0.05) is 19.9 Å². The maximum atomic E-state index is 5.36. The zero-order valence-corrected chi connectivity index (χ0v) is 7.76. The summed E-state index contributed by atoms with van der Waals surface area (Å²) in [5, 5.41) is 3.27. The Kier molecular flexibility index (Phi) is 6.18. The summed E-state index contributed by atoms with van der Waals surface area (Å²) in [6.45, 7) is 11.5. The van der Waals surface area contributed by atoms with Crippen molar-refractivity contribution in [3.05, 3.63) is 12.7 Å². The summed E-state index contributed by atoms with van der Waals surface area (Å²) >= 11 is 0. The van der Waals surface area contributed by atoms with Gasteiger partial charge in [-0.25, -0.2) is 0 Å². The molecule has 0 amide bonds. The number of rotatable bonds is 6. The molecule has 1 unspecified atom stereocenters. The van der Waals surface area contributed by atoms with Crippen LogP contribution in [0, 0.1) is 0 Å². The SMILES string of the molecule is C=CC(C)OCCNC(C)C. The lowest BCUT2D eigenvalue weighted by Crippen LogP contribution is -2.27. The molecule has 0 bridgehead atoms. The molecule has 0 aliphatic carbocycles. The predicted octanol–water partition coefficient (Wildman–Crippen LogP) is 1.58. The first-order valence-corrected chi connectivity index (χ1v) is 4.14. The van der Waals surface area contributed by atoms with Crippen molar-refractivity contribution in [1.29, 1.82) is 0 Å². The van der Waals surface area contributed by atoms with E-state index in [1.165, 1.54) is 0 Å². The molecule has 0 radical (unpaired) electrons. The Balaban J connectivity index is 3.07. The molecule has 1 atom stereocenters. The monoisotopic (exact) mass is 157 g/mol. The summed E-state index contributed by atoms with van der Waals surface area (Å²) in [7, 11) is 0. The van der Waals surface area contributed by atoms with Crippen LogP contribution in [0.15, 0.2) is 12.7 Å². The van der Waals surface area contributed by atoms with Crippen molar-refractivity contribution in [2.24, 2.45) is 0 Å². The second-order valence-electron chi connectivity index (χ2n) is 2.92. The minimum Gasteiger partial charge on any atom is -0.373 e. The number of hydrogen-bond donors (Lipinski definition) is 1. The lowest BCUT2D eigenvalue weighted by Gasteiger charge is -2.10. The first-order valence-electron chi connectivity index (χ1n) is 4.14. The smallest absolute Gasteiger partial charge is 0.0725 e. The molecule has 0 spiro atoms. The van der Waals surface area contributed by atoms with Crippen LogP contribution in [0.4, 0.5) is 0 Å². The molecule has 66 valence electrons. The van der Waals surface area contributed by atoms with Gasteiger partial charge in [-0.05, 0) is 6.92 Å². The third-order valence-electron chi connectivity index (χ3n) is 1.37. The molecule has 2 heteroatoms. The van der Waals surface area contributed by atoms with E-state index in [0.717, 1.165) is 13.2 Å². The first kappa shape index (κ1) is 10.7. The molecule has 0 aromatic carbocycles. The summed E-state index contributed by atoms with van der Waals surface area (Å²) in [5.41, 5.74) is 0. The molecule has 1 N–H and O–H groups in total. The van der Waals surface area contributed by atoms with Crippen LogP contribution in [0.3, 0.4) is 0 Å². The normalized spacial score (nSPS) is 13.5. The van der Waals surface area contributed by atoms with Crippen molar-refractivity contribution in [3.63, 3.8) is 0 Å². The topological polar surface area (TPSA) is 21.3 Å². The van der Waals surface area contributed by atoms with Crippen LogP contribution in [0.2, 0.25) is 0 Å². The highest BCUT2D eigenvalue weighted by atomic mass is 16.5. The number of nitrogens with one attached hydrogen (secondary N) is 1. The quantitative estimate of drug-likeness (QED) is 0.467. The van der Waals surface area contributed by atoms with E-state index in [1.807, 2.05) is 6.92 Å². The van der Waals surface area contributed by atoms with Gasteiger partial charge in [0.25, 0.3) is 0 Å². The van der Waals surface area contributed by atoms with Gasteiger partial charge in [0.15, 0.2) is 0 Å². The van der Waals surface area contributed by atoms with Crippen molar-refractivity contribution in [1.82, 2.24) is 5.32 Å². The molecule has 2 nitrogen and oxygen atoms in total. The fraction of sp³-hybridized carbons (Fsp3) is 0.778. The van der Waals surface area contributed by atoms with Crippen LogP contribution in [0.25, 0.3) is 0 Å². The van der Waals surface area contributed by atoms with Gasteiger partial charge in [-0.3, -0.25) is 0 Å². The summed E-state index contributed by atoms with van der Waals surface area (Å²) < 4.78 is 5.36. The van der Waals surface area contributed by atoms with Gasteiger partial charge in [0.05, 0.1) is 12.7 Å². The van der Waals surface area contributed by atoms with Crippen LogP contribution < -0.4 is 5.32 Å². The highest BCUT2D eigenvalue weighted by Gasteiger charge is 1.95. The molecule has 0 heterocycles. The third kappa shape index (κ3) is 7.56. The zero-order valence-electron chi connectivity index (χ0n) is 7.76. The van der Waals surface area contributed by atoms with E-state index in [1.54, 1.807) is 6.08 Å². The number of ether oxygens (including phenoxy) is 1. The fourth-order valence-corrected chi connectivity index (χ4v) is 0.660. The average Bonchev–Trinajstić information content (AvgIpc) is 1.97. The molecular formula is C9H19NO. The Morgan fingerprint density at radius 1 is 1.45 bits per heavy atom. The highest BCUT2D eigenvalue weighted by molar-refractivity contribution is 4.75. The van der Waals surface area contributed by atoms with Crippen molar-refractivity contribution < 1.29 is 4.74 Å². The molecule has 0 rings (SSSR count). The molecule has 0 saturated carbocycles. The number of hydrogen-bond acceptors (Lipinski definition) is 2. The molecular weight excluding hydrogens is 138 g/mol. The maximum absolute atomic E-state index is 5.36. The largest absolute Gasteiger partial charge is 0.373 e. The average molecular weight is 157 g/mol. The van der Waals surface area contributed by atoms with E-state index in [-0.39, 0.29) is 6.10 Å². The predicted molar refractivity (Wildman–Crippen MR) is 48.7 cm³/mol. The summed E-state index contributed by atoms with van der Waals surface area (Å²) in [6.07, 6.45) is 1.97. The highest BCUT2D eigenvalue weighted by Crippen LogP contribution is 1.89. The minimum atomic E-state index is 0.170. The van der Waals surface area contributed by atoms with Gasteiger partial charge < -0.3 is 10.1 Å². The van der Waals surface area contributed by atoms with E-state index in [4.69, 9.17) is 4.74 Å². The molecule has 0 aromatic rings. The Morgan fingerprint density at radius 2 is 2.09 bits per heavy atom. The molecule has 0 fully saturated rings. The van der Waals surface area contributed by atoms with Crippen molar-refractivity contribution in [3.8, 4) is 0 Å². The Labute approximate surface area is 69.6 Å². The van der Waals surface area contributed by atoms with E-state index in [2.05, 4.69) is 25.7 Å². The maximum Gasteiger partial charge on any atom is 0.0725 e. The lowest BCUT2D eigenvalue weighted by molar-refractivity contribution is 0.0985. The van der Waals surface area contributed by atoms with Crippen LogP contribution in [-0.4, -0.2) is 25.3 Å². The van der Waals surface area contributed by atoms with E-state index in [9.17, 15) is 0 Å². The van der Waals surface area contributed by atoms with Gasteiger partial charge in [0, 0.05) is 12.6 Å². The molecule has 0 aromatic heterocycles. The standard InChI is InChI=1S/C9H19NO/c1-5-9(4)11-7-6-10-8(2)3/h5,8-10H,1,6-7H2,2-4H3. The third-order valence-corrected chi connectivity index (χ3v) is 1.37. The lowest BCUT2D eigenvalue weighted by atomic mass is 10.4. The molecule has 0 aliphatic rings. The summed E-state index contributed by atoms with van der Waals surface area (Å²) in [5.74, 6) is 0. The second kappa shape index (κ2) is 6.38. The van der Waals surface area contributed by atoms with Crippen LogP contribution in [0.5, 0.6) is 0 Å². The second-order valence-corrected chi connectivity index (χ2v) is 2.92. The van der Waals surface area contributed by atoms with Crippen molar-refractivity contribution >= 4 is 0 Å². The van der Waals surface area contributed by atoms with Crippen LogP contribution in [-0.2, 0) is 4.74 Å².